The third kappa shape index (κ3) is 2.59. The molecular weight excluding hydrogens is 254 g/mol. The van der Waals surface area contributed by atoms with Crippen LogP contribution >= 0.6 is 0 Å². The lowest BCUT2D eigenvalue weighted by atomic mass is 10.1. The molecule has 1 fully saturated rings. The first kappa shape index (κ1) is 13.9. The van der Waals surface area contributed by atoms with E-state index in [4.69, 9.17) is 9.84 Å². The van der Waals surface area contributed by atoms with Crippen LogP contribution in [0.1, 0.15) is 16.6 Å². The Morgan fingerprint density at radius 3 is 2.79 bits per heavy atom. The van der Waals surface area contributed by atoms with Crippen LogP contribution in [-0.2, 0) is 9.47 Å². The predicted octanol–water partition coefficient (Wildman–Crippen LogP) is -1.63. The molecule has 0 bridgehead atoms. The van der Waals surface area contributed by atoms with Crippen LogP contribution in [0.2, 0.25) is 0 Å². The van der Waals surface area contributed by atoms with Gasteiger partial charge in [-0.2, -0.15) is 4.57 Å². The van der Waals surface area contributed by atoms with Crippen molar-refractivity contribution in [1.82, 2.24) is 0 Å². The standard InChI is InChI=1S/C12H16NO6/c1-18-12(17)7-3-2-4-13(5-7)11-10(16)9(15)8(6-14)19-11/h2-5,8-11,14-16H,6H2,1H3/q+1/t8-,9?,10+,11-/m1/s1. The van der Waals surface area contributed by atoms with E-state index in [0.29, 0.717) is 5.56 Å². The molecule has 1 aliphatic heterocycles. The number of carbonyl (C=O) groups excluding carboxylic acids is 1. The van der Waals surface area contributed by atoms with Crippen molar-refractivity contribution in [2.45, 2.75) is 24.5 Å². The van der Waals surface area contributed by atoms with E-state index in [2.05, 4.69) is 4.74 Å². The number of aliphatic hydroxyl groups is 3. The molecule has 0 aromatic carbocycles. The van der Waals surface area contributed by atoms with Crippen molar-refractivity contribution in [3.63, 3.8) is 0 Å². The fraction of sp³-hybridized carbons (Fsp3) is 0.500. The molecule has 0 aliphatic carbocycles. The molecule has 7 heteroatoms. The third-order valence-electron chi connectivity index (χ3n) is 3.05. The molecule has 1 aromatic rings. The fourth-order valence-electron chi connectivity index (χ4n) is 2.02. The molecule has 19 heavy (non-hydrogen) atoms. The van der Waals surface area contributed by atoms with Crippen molar-refractivity contribution >= 4 is 5.97 Å². The summed E-state index contributed by atoms with van der Waals surface area (Å²) in [7, 11) is 1.27. The minimum absolute atomic E-state index is 0.294. The van der Waals surface area contributed by atoms with Gasteiger partial charge in [-0.3, -0.25) is 0 Å². The Hall–Kier alpha value is -1.54. The molecule has 3 N–H and O–H groups in total. The van der Waals surface area contributed by atoms with E-state index in [1.54, 1.807) is 18.3 Å². The summed E-state index contributed by atoms with van der Waals surface area (Å²) in [5, 5.41) is 28.6. The van der Waals surface area contributed by atoms with E-state index in [-0.39, 0.29) is 0 Å². The fourth-order valence-corrected chi connectivity index (χ4v) is 2.02. The van der Waals surface area contributed by atoms with Crippen molar-refractivity contribution < 1.29 is 34.2 Å². The van der Waals surface area contributed by atoms with Crippen LogP contribution in [0.15, 0.2) is 24.5 Å². The molecule has 1 unspecified atom stereocenters. The lowest BCUT2D eigenvalue weighted by molar-refractivity contribution is -0.765. The van der Waals surface area contributed by atoms with E-state index in [1.165, 1.54) is 17.9 Å². The van der Waals surface area contributed by atoms with Crippen molar-refractivity contribution in [3.8, 4) is 0 Å². The van der Waals surface area contributed by atoms with Crippen LogP contribution in [0.4, 0.5) is 0 Å². The van der Waals surface area contributed by atoms with Gasteiger partial charge in [-0.1, -0.05) is 0 Å². The molecule has 2 rings (SSSR count). The summed E-state index contributed by atoms with van der Waals surface area (Å²) >= 11 is 0. The highest BCUT2D eigenvalue weighted by Crippen LogP contribution is 2.25. The second-order valence-corrected chi connectivity index (χ2v) is 4.26. The Bertz CT molecular complexity index is 465. The van der Waals surface area contributed by atoms with Gasteiger partial charge in [-0.25, -0.2) is 4.79 Å². The van der Waals surface area contributed by atoms with Crippen LogP contribution in [0.3, 0.4) is 0 Å². The van der Waals surface area contributed by atoms with Crippen molar-refractivity contribution in [2.75, 3.05) is 13.7 Å². The van der Waals surface area contributed by atoms with Crippen LogP contribution in [-0.4, -0.2) is 53.3 Å². The third-order valence-corrected chi connectivity index (χ3v) is 3.05. The predicted molar refractivity (Wildman–Crippen MR) is 61.0 cm³/mol. The number of ether oxygens (including phenoxy) is 2. The Labute approximate surface area is 109 Å². The minimum Gasteiger partial charge on any atom is -0.465 e. The first-order chi connectivity index (χ1) is 9.08. The summed E-state index contributed by atoms with van der Waals surface area (Å²) in [6.07, 6.45) is -1.04. The molecule has 1 aliphatic rings. The first-order valence-corrected chi connectivity index (χ1v) is 5.80. The highest BCUT2D eigenvalue weighted by atomic mass is 16.6. The Morgan fingerprint density at radius 1 is 1.47 bits per heavy atom. The van der Waals surface area contributed by atoms with Gasteiger partial charge in [0.1, 0.15) is 17.8 Å². The number of esters is 1. The van der Waals surface area contributed by atoms with E-state index in [9.17, 15) is 15.0 Å². The summed E-state index contributed by atoms with van der Waals surface area (Å²) in [5.41, 5.74) is 0.294. The molecule has 2 heterocycles. The van der Waals surface area contributed by atoms with Gasteiger partial charge in [-0.05, 0) is 6.07 Å². The van der Waals surface area contributed by atoms with Gasteiger partial charge < -0.3 is 24.8 Å². The maximum atomic E-state index is 11.4. The summed E-state index contributed by atoms with van der Waals surface area (Å²) in [5.74, 6) is -0.513. The van der Waals surface area contributed by atoms with Gasteiger partial charge in [-0.15, -0.1) is 0 Å². The summed E-state index contributed by atoms with van der Waals surface area (Å²) < 4.78 is 11.4. The summed E-state index contributed by atoms with van der Waals surface area (Å²) in [4.78, 5) is 11.4. The maximum absolute atomic E-state index is 11.4. The molecule has 0 radical (unpaired) electrons. The highest BCUT2D eigenvalue weighted by molar-refractivity contribution is 5.88. The monoisotopic (exact) mass is 270 g/mol. The van der Waals surface area contributed by atoms with Crippen LogP contribution < -0.4 is 4.57 Å². The molecule has 4 atom stereocenters. The number of pyridine rings is 1. The average molecular weight is 270 g/mol. The molecule has 0 saturated carbocycles. The zero-order chi connectivity index (χ0) is 14.0. The highest BCUT2D eigenvalue weighted by Gasteiger charge is 2.47. The lowest BCUT2D eigenvalue weighted by Gasteiger charge is -2.10. The first-order valence-electron chi connectivity index (χ1n) is 5.80. The zero-order valence-electron chi connectivity index (χ0n) is 10.3. The lowest BCUT2D eigenvalue weighted by Crippen LogP contribution is -2.46. The van der Waals surface area contributed by atoms with Gasteiger partial charge >= 0.3 is 5.97 Å². The molecular formula is C12H16NO6+. The molecule has 1 aromatic heterocycles. The number of aromatic nitrogens is 1. The van der Waals surface area contributed by atoms with Gasteiger partial charge in [0, 0.05) is 6.07 Å². The van der Waals surface area contributed by atoms with Crippen LogP contribution in [0.25, 0.3) is 0 Å². The second kappa shape index (κ2) is 5.62. The van der Waals surface area contributed by atoms with Gasteiger partial charge in [0.15, 0.2) is 18.5 Å². The van der Waals surface area contributed by atoms with E-state index < -0.39 is 37.1 Å². The minimum atomic E-state index is -1.19. The summed E-state index contributed by atoms with van der Waals surface area (Å²) in [6.45, 7) is -0.397. The molecule has 7 nitrogen and oxygen atoms in total. The number of methoxy groups -OCH3 is 1. The molecule has 0 amide bonds. The van der Waals surface area contributed by atoms with Crippen LogP contribution in [0, 0.1) is 0 Å². The molecule has 104 valence electrons. The largest absolute Gasteiger partial charge is 0.465 e. The maximum Gasteiger partial charge on any atom is 0.343 e. The van der Waals surface area contributed by atoms with Crippen LogP contribution in [0.5, 0.6) is 0 Å². The quantitative estimate of drug-likeness (QED) is 0.450. The number of aliphatic hydroxyl groups excluding tert-OH is 3. The normalized spacial score (nSPS) is 30.3. The van der Waals surface area contributed by atoms with Gasteiger partial charge in [0.25, 0.3) is 6.23 Å². The zero-order valence-corrected chi connectivity index (χ0v) is 10.3. The van der Waals surface area contributed by atoms with E-state index in [0.717, 1.165) is 0 Å². The number of hydrogen-bond acceptors (Lipinski definition) is 6. The Kier molecular flexibility index (Phi) is 4.11. The SMILES string of the molecule is COC(=O)c1ccc[n+]([C@@H]2O[C@H](CO)C(O)[C@@H]2O)c1. The number of rotatable bonds is 3. The van der Waals surface area contributed by atoms with Gasteiger partial charge in [0.05, 0.1) is 13.7 Å². The number of carbonyl (C=O) groups is 1. The van der Waals surface area contributed by atoms with E-state index in [1.807, 2.05) is 0 Å². The number of hydrogen-bond donors (Lipinski definition) is 3. The van der Waals surface area contributed by atoms with Gasteiger partial charge in [0.2, 0.25) is 0 Å². The topological polar surface area (TPSA) is 100 Å². The Morgan fingerprint density at radius 2 is 2.21 bits per heavy atom. The number of nitrogens with zero attached hydrogens (tertiary/aromatic N) is 1. The summed E-state index contributed by atoms with van der Waals surface area (Å²) in [6, 6.07) is 3.16. The van der Waals surface area contributed by atoms with Crippen molar-refractivity contribution in [3.05, 3.63) is 30.1 Å². The Balaban J connectivity index is 2.25. The van der Waals surface area contributed by atoms with Crippen molar-refractivity contribution in [1.29, 1.82) is 0 Å². The smallest absolute Gasteiger partial charge is 0.343 e. The van der Waals surface area contributed by atoms with Crippen molar-refractivity contribution in [2.24, 2.45) is 0 Å². The molecule has 1 saturated heterocycles. The second-order valence-electron chi connectivity index (χ2n) is 4.26. The van der Waals surface area contributed by atoms with E-state index >= 15 is 0 Å². The molecule has 0 spiro atoms. The average Bonchev–Trinajstić information content (AvgIpc) is 2.74.